The fourth-order valence-electron chi connectivity index (χ4n) is 2.04. The number of pyridine rings is 1. The molecule has 96 valence electrons. The van der Waals surface area contributed by atoms with E-state index in [9.17, 15) is 14.4 Å². The Morgan fingerprint density at radius 1 is 1.44 bits per heavy atom. The maximum absolute atomic E-state index is 12.1. The fourth-order valence-corrected chi connectivity index (χ4v) is 2.04. The molecule has 1 aliphatic heterocycles. The molecule has 1 aromatic rings. The fraction of sp³-hybridized carbons (Fsp3) is 0.417. The maximum atomic E-state index is 12.1. The van der Waals surface area contributed by atoms with Crippen LogP contribution in [0.2, 0.25) is 0 Å². The molecule has 2 heterocycles. The van der Waals surface area contributed by atoms with Crippen molar-refractivity contribution in [2.24, 2.45) is 18.7 Å². The van der Waals surface area contributed by atoms with Gasteiger partial charge in [0.1, 0.15) is 0 Å². The van der Waals surface area contributed by atoms with Gasteiger partial charge in [-0.15, -0.1) is 0 Å². The van der Waals surface area contributed by atoms with Gasteiger partial charge in [-0.3, -0.25) is 14.4 Å². The highest BCUT2D eigenvalue weighted by Crippen LogP contribution is 2.17. The van der Waals surface area contributed by atoms with Gasteiger partial charge in [0.05, 0.1) is 5.92 Å². The van der Waals surface area contributed by atoms with Crippen LogP contribution in [0.15, 0.2) is 23.1 Å². The molecule has 0 spiro atoms. The number of likely N-dealkylation sites (tertiary alicyclic amines) is 1. The Morgan fingerprint density at radius 2 is 2.17 bits per heavy atom. The number of primary amides is 1. The Kier molecular flexibility index (Phi) is 3.18. The van der Waals surface area contributed by atoms with Gasteiger partial charge < -0.3 is 15.2 Å². The predicted octanol–water partition coefficient (Wildman–Crippen LogP) is -0.667. The molecule has 1 aliphatic rings. The van der Waals surface area contributed by atoms with Crippen LogP contribution in [-0.2, 0) is 11.8 Å². The summed E-state index contributed by atoms with van der Waals surface area (Å²) in [5.41, 5.74) is 5.33. The van der Waals surface area contributed by atoms with Crippen molar-refractivity contribution < 1.29 is 9.59 Å². The van der Waals surface area contributed by atoms with Crippen molar-refractivity contribution in [3.63, 3.8) is 0 Å². The van der Waals surface area contributed by atoms with Crippen molar-refractivity contribution >= 4 is 11.8 Å². The van der Waals surface area contributed by atoms with Gasteiger partial charge in [0.25, 0.3) is 11.5 Å². The zero-order valence-electron chi connectivity index (χ0n) is 10.1. The van der Waals surface area contributed by atoms with E-state index in [2.05, 4.69) is 0 Å². The summed E-state index contributed by atoms with van der Waals surface area (Å²) in [6.07, 6.45) is 2.14. The van der Waals surface area contributed by atoms with Crippen molar-refractivity contribution in [3.8, 4) is 0 Å². The molecular formula is C12H15N3O3. The zero-order chi connectivity index (χ0) is 13.3. The lowest BCUT2D eigenvalue weighted by molar-refractivity contribution is -0.121. The van der Waals surface area contributed by atoms with Crippen molar-refractivity contribution in [2.75, 3.05) is 13.1 Å². The second-order valence-electron chi connectivity index (χ2n) is 4.50. The van der Waals surface area contributed by atoms with Crippen LogP contribution < -0.4 is 11.3 Å². The summed E-state index contributed by atoms with van der Waals surface area (Å²) in [6, 6.07) is 2.90. The SMILES string of the molecule is Cn1ccc(C(=O)N2CCC(C(N)=O)C2)cc1=O. The average Bonchev–Trinajstić information content (AvgIpc) is 2.81. The molecule has 1 saturated heterocycles. The molecule has 6 nitrogen and oxygen atoms in total. The first kappa shape index (κ1) is 12.3. The molecule has 1 aromatic heterocycles. The number of aryl methyl sites for hydroxylation is 1. The molecule has 6 heteroatoms. The van der Waals surface area contributed by atoms with Crippen LogP contribution in [0, 0.1) is 5.92 Å². The Bertz CT molecular complexity index is 550. The second-order valence-corrected chi connectivity index (χ2v) is 4.50. The van der Waals surface area contributed by atoms with E-state index in [0.29, 0.717) is 25.1 Å². The topological polar surface area (TPSA) is 85.4 Å². The highest BCUT2D eigenvalue weighted by atomic mass is 16.2. The summed E-state index contributed by atoms with van der Waals surface area (Å²) >= 11 is 0. The van der Waals surface area contributed by atoms with Crippen molar-refractivity contribution in [1.82, 2.24) is 9.47 Å². The molecular weight excluding hydrogens is 234 g/mol. The molecule has 1 unspecified atom stereocenters. The van der Waals surface area contributed by atoms with Crippen LogP contribution in [0.1, 0.15) is 16.8 Å². The van der Waals surface area contributed by atoms with E-state index in [4.69, 9.17) is 5.73 Å². The number of rotatable bonds is 2. The minimum atomic E-state index is -0.380. The van der Waals surface area contributed by atoms with E-state index in [1.165, 1.54) is 10.6 Å². The lowest BCUT2D eigenvalue weighted by atomic mass is 10.1. The average molecular weight is 249 g/mol. The number of hydrogen-bond donors (Lipinski definition) is 1. The molecule has 0 radical (unpaired) electrons. The van der Waals surface area contributed by atoms with Gasteiger partial charge in [-0.2, -0.15) is 0 Å². The van der Waals surface area contributed by atoms with Crippen LogP contribution in [0.3, 0.4) is 0 Å². The molecule has 0 aromatic carbocycles. The van der Waals surface area contributed by atoms with Crippen molar-refractivity contribution in [3.05, 3.63) is 34.2 Å². The summed E-state index contributed by atoms with van der Waals surface area (Å²) in [5.74, 6) is -0.883. The summed E-state index contributed by atoms with van der Waals surface area (Å²) in [6.45, 7) is 0.838. The third kappa shape index (κ3) is 2.27. The van der Waals surface area contributed by atoms with Crippen LogP contribution in [-0.4, -0.2) is 34.4 Å². The number of aromatic nitrogens is 1. The van der Waals surface area contributed by atoms with E-state index < -0.39 is 0 Å². The smallest absolute Gasteiger partial charge is 0.254 e. The van der Waals surface area contributed by atoms with Crippen LogP contribution in [0.4, 0.5) is 0 Å². The Hall–Kier alpha value is -2.11. The van der Waals surface area contributed by atoms with E-state index in [0.717, 1.165) is 0 Å². The minimum Gasteiger partial charge on any atom is -0.369 e. The molecule has 0 bridgehead atoms. The van der Waals surface area contributed by atoms with Gasteiger partial charge in [-0.05, 0) is 12.5 Å². The molecule has 2 rings (SSSR count). The van der Waals surface area contributed by atoms with E-state index >= 15 is 0 Å². The number of carbonyl (C=O) groups excluding carboxylic acids is 2. The first-order valence-electron chi connectivity index (χ1n) is 5.74. The van der Waals surface area contributed by atoms with Gasteiger partial charge in [-0.1, -0.05) is 0 Å². The van der Waals surface area contributed by atoms with Crippen molar-refractivity contribution in [2.45, 2.75) is 6.42 Å². The first-order valence-corrected chi connectivity index (χ1v) is 5.74. The highest BCUT2D eigenvalue weighted by molar-refractivity contribution is 5.94. The Labute approximate surface area is 104 Å². The van der Waals surface area contributed by atoms with E-state index in [-0.39, 0.29) is 23.3 Å². The lowest BCUT2D eigenvalue weighted by Gasteiger charge is -2.15. The Balaban J connectivity index is 2.15. The standard InChI is InChI=1S/C12H15N3O3/c1-14-4-2-8(6-10(14)16)12(18)15-5-3-9(7-15)11(13)17/h2,4,6,9H,3,5,7H2,1H3,(H2,13,17). The van der Waals surface area contributed by atoms with Crippen LogP contribution in [0.5, 0.6) is 0 Å². The van der Waals surface area contributed by atoms with Crippen molar-refractivity contribution in [1.29, 1.82) is 0 Å². The molecule has 1 fully saturated rings. The van der Waals surface area contributed by atoms with Gasteiger partial charge in [0.15, 0.2) is 0 Å². The Morgan fingerprint density at radius 3 is 2.72 bits per heavy atom. The quantitative estimate of drug-likeness (QED) is 0.754. The van der Waals surface area contributed by atoms with Gasteiger partial charge in [0.2, 0.25) is 5.91 Å². The summed E-state index contributed by atoms with van der Waals surface area (Å²) in [7, 11) is 1.62. The van der Waals surface area contributed by atoms with Gasteiger partial charge >= 0.3 is 0 Å². The number of carbonyl (C=O) groups is 2. The highest BCUT2D eigenvalue weighted by Gasteiger charge is 2.30. The van der Waals surface area contributed by atoms with Gasteiger partial charge in [-0.25, -0.2) is 0 Å². The molecule has 1 atom stereocenters. The molecule has 2 amide bonds. The number of amides is 2. The number of nitrogens with zero attached hydrogens (tertiary/aromatic N) is 2. The lowest BCUT2D eigenvalue weighted by Crippen LogP contribution is -2.32. The first-order chi connectivity index (χ1) is 8.49. The molecule has 0 aliphatic carbocycles. The number of hydrogen-bond acceptors (Lipinski definition) is 3. The van der Waals surface area contributed by atoms with Crippen LogP contribution in [0.25, 0.3) is 0 Å². The predicted molar refractivity (Wildman–Crippen MR) is 64.9 cm³/mol. The summed E-state index contributed by atoms with van der Waals surface area (Å²) in [5, 5.41) is 0. The molecule has 0 saturated carbocycles. The molecule has 18 heavy (non-hydrogen) atoms. The summed E-state index contributed by atoms with van der Waals surface area (Å²) in [4.78, 5) is 36.1. The van der Waals surface area contributed by atoms with Gasteiger partial charge in [0, 0.05) is 38.0 Å². The monoisotopic (exact) mass is 249 g/mol. The van der Waals surface area contributed by atoms with E-state index in [1.54, 1.807) is 24.2 Å². The maximum Gasteiger partial charge on any atom is 0.254 e. The van der Waals surface area contributed by atoms with Crippen LogP contribution >= 0.6 is 0 Å². The zero-order valence-corrected chi connectivity index (χ0v) is 10.1. The summed E-state index contributed by atoms with van der Waals surface area (Å²) < 4.78 is 1.40. The molecule has 2 N–H and O–H groups in total. The second kappa shape index (κ2) is 4.64. The largest absolute Gasteiger partial charge is 0.369 e. The third-order valence-electron chi connectivity index (χ3n) is 3.23. The minimum absolute atomic E-state index is 0.226. The third-order valence-corrected chi connectivity index (χ3v) is 3.23. The normalized spacial score (nSPS) is 18.9. The number of nitrogens with two attached hydrogens (primary N) is 1. The van der Waals surface area contributed by atoms with E-state index in [1.807, 2.05) is 0 Å².